The first-order valence-electron chi connectivity index (χ1n) is 1.21. The molecule has 0 aromatic heterocycles. The molecule has 0 saturated carbocycles. The standard InChI is InChI=1S/Al.3H3NO2/c;3*1-3-2/h;3*2H,1H2/q+3;;;/p-3. The van der Waals surface area contributed by atoms with Crippen molar-refractivity contribution in [2.24, 2.45) is 17.7 Å². The molecule has 0 bridgehead atoms. The molecular formula is H6AlN3O6. The van der Waals surface area contributed by atoms with Crippen molar-refractivity contribution in [3.8, 4) is 0 Å². The van der Waals surface area contributed by atoms with E-state index in [1.165, 1.54) is 0 Å². The van der Waals surface area contributed by atoms with Crippen LogP contribution in [-0.2, 0) is 15.0 Å². The molecule has 6 N–H and O–H groups in total. The van der Waals surface area contributed by atoms with Crippen molar-refractivity contribution in [1.82, 2.24) is 0 Å². The molecule has 0 atom stereocenters. The molecular weight excluding hydrogens is 165 g/mol. The zero-order valence-corrected chi connectivity index (χ0v) is 5.91. The third-order valence-electron chi connectivity index (χ3n) is 0. The predicted octanol–water partition coefficient (Wildman–Crippen LogP) is -5.92. The molecule has 0 saturated heterocycles. The van der Waals surface area contributed by atoms with E-state index >= 15 is 0 Å². The van der Waals surface area contributed by atoms with Crippen LogP contribution in [0.5, 0.6) is 0 Å². The van der Waals surface area contributed by atoms with E-state index in [1.54, 1.807) is 0 Å². The monoisotopic (exact) mass is 171 g/mol. The average molecular weight is 171 g/mol. The Morgan fingerprint density at radius 3 is 0.700 bits per heavy atom. The van der Waals surface area contributed by atoms with Crippen LogP contribution in [0.15, 0.2) is 0 Å². The van der Waals surface area contributed by atoms with E-state index < -0.39 is 0 Å². The van der Waals surface area contributed by atoms with Crippen molar-refractivity contribution < 1.29 is 30.7 Å². The molecule has 0 rings (SSSR count). The van der Waals surface area contributed by atoms with E-state index in [2.05, 4.69) is 32.7 Å². The maximum absolute atomic E-state index is 8.21. The molecule has 60 valence electrons. The van der Waals surface area contributed by atoms with Crippen LogP contribution in [0, 0.1) is 0 Å². The third kappa shape index (κ3) is 14100. The Labute approximate surface area is 66.7 Å². The minimum atomic E-state index is 0. The molecule has 0 amide bonds. The Balaban J connectivity index is -0.0000000257. The van der Waals surface area contributed by atoms with Crippen LogP contribution in [0.2, 0.25) is 0 Å². The number of nitrogens with two attached hydrogens (primary N) is 3. The van der Waals surface area contributed by atoms with Crippen molar-refractivity contribution >= 4 is 17.4 Å². The SMILES string of the molecule is NO[O-].NO[O-].NO[O-].[Al+3]. The van der Waals surface area contributed by atoms with Crippen molar-refractivity contribution in [3.05, 3.63) is 0 Å². The topological polar surface area (TPSA) is 175 Å². The van der Waals surface area contributed by atoms with Gasteiger partial charge in [-0.15, -0.1) is 0 Å². The number of hydrogen-bond donors (Lipinski definition) is 3. The summed E-state index contributed by atoms with van der Waals surface area (Å²) < 4.78 is 0. The summed E-state index contributed by atoms with van der Waals surface area (Å²) in [6, 6.07) is 0. The van der Waals surface area contributed by atoms with E-state index in [1.807, 2.05) is 0 Å². The van der Waals surface area contributed by atoms with Gasteiger partial charge in [0.2, 0.25) is 0 Å². The van der Waals surface area contributed by atoms with E-state index in [9.17, 15) is 0 Å². The molecule has 9 nitrogen and oxygen atoms in total. The molecule has 10 heavy (non-hydrogen) atoms. The van der Waals surface area contributed by atoms with Gasteiger partial charge in [0.25, 0.3) is 0 Å². The number of rotatable bonds is 0. The van der Waals surface area contributed by atoms with Gasteiger partial charge >= 0.3 is 17.4 Å². The Hall–Kier alpha value is 0.172. The van der Waals surface area contributed by atoms with Gasteiger partial charge in [-0.1, -0.05) is 0 Å². The van der Waals surface area contributed by atoms with E-state index in [0.29, 0.717) is 0 Å². The smallest absolute Gasteiger partial charge is 0.704 e. The molecule has 0 aromatic rings. The van der Waals surface area contributed by atoms with Crippen molar-refractivity contribution in [1.29, 1.82) is 0 Å². The van der Waals surface area contributed by atoms with Crippen LogP contribution in [0.3, 0.4) is 0 Å². The second-order valence-corrected chi connectivity index (χ2v) is 0.289. The maximum Gasteiger partial charge on any atom is 3.00 e. The van der Waals surface area contributed by atoms with Crippen LogP contribution in [0.25, 0.3) is 0 Å². The van der Waals surface area contributed by atoms with Crippen LogP contribution < -0.4 is 33.5 Å². The summed E-state index contributed by atoms with van der Waals surface area (Å²) in [4.78, 5) is 7.50. The minimum absolute atomic E-state index is 0. The fourth-order valence-corrected chi connectivity index (χ4v) is 0. The van der Waals surface area contributed by atoms with E-state index in [-0.39, 0.29) is 17.4 Å². The first-order valence-corrected chi connectivity index (χ1v) is 1.21. The van der Waals surface area contributed by atoms with Crippen molar-refractivity contribution in [2.45, 2.75) is 0 Å². The first-order chi connectivity index (χ1) is 4.24. The van der Waals surface area contributed by atoms with E-state index in [4.69, 9.17) is 15.8 Å². The van der Waals surface area contributed by atoms with Gasteiger partial charge in [-0.2, -0.15) is 0 Å². The zero-order valence-electron chi connectivity index (χ0n) is 4.76. The molecule has 0 heterocycles. The Bertz CT molecular complexity index is 17.7. The first kappa shape index (κ1) is 22.5. The summed E-state index contributed by atoms with van der Waals surface area (Å²) in [7, 11) is 0. The fraction of sp³-hybridized carbons (Fsp3) is 0. The normalized spacial score (nSPS) is 5.40. The molecule has 0 unspecified atom stereocenters. The summed E-state index contributed by atoms with van der Waals surface area (Å²) in [6.07, 6.45) is 0. The number of hydrogen-bond acceptors (Lipinski definition) is 9. The Morgan fingerprint density at radius 2 is 0.700 bits per heavy atom. The molecule has 10 heteroatoms. The van der Waals surface area contributed by atoms with Gasteiger partial charge in [-0.05, 0) is 0 Å². The maximum atomic E-state index is 8.21. The van der Waals surface area contributed by atoms with Crippen LogP contribution in [-0.4, -0.2) is 17.4 Å². The van der Waals surface area contributed by atoms with Gasteiger partial charge in [0.1, 0.15) is 0 Å². The molecule has 0 aromatic carbocycles. The average Bonchev–Trinajstić information content (AvgIpc) is 1.70. The zero-order chi connectivity index (χ0) is 8.12. The molecule has 0 aliphatic carbocycles. The van der Waals surface area contributed by atoms with Crippen molar-refractivity contribution in [3.63, 3.8) is 0 Å². The van der Waals surface area contributed by atoms with Gasteiger partial charge in [0.05, 0.1) is 0 Å². The van der Waals surface area contributed by atoms with Gasteiger partial charge in [-0.3, -0.25) is 0 Å². The minimum Gasteiger partial charge on any atom is -0.704 e. The largest absolute Gasteiger partial charge is 3.00 e. The summed E-state index contributed by atoms with van der Waals surface area (Å²) in [5.74, 6) is 11.4. The summed E-state index contributed by atoms with van der Waals surface area (Å²) >= 11 is 0. The summed E-state index contributed by atoms with van der Waals surface area (Å²) in [5.41, 5.74) is 0. The fourth-order valence-electron chi connectivity index (χ4n) is 0. The van der Waals surface area contributed by atoms with Crippen LogP contribution in [0.4, 0.5) is 0 Å². The Kier molecular flexibility index (Phi) is 137. The molecule has 0 spiro atoms. The quantitative estimate of drug-likeness (QED) is 0.182. The molecule has 0 aliphatic rings. The molecule has 0 radical (unpaired) electrons. The van der Waals surface area contributed by atoms with Gasteiger partial charge in [0, 0.05) is 0 Å². The third-order valence-corrected chi connectivity index (χ3v) is 0. The van der Waals surface area contributed by atoms with Crippen molar-refractivity contribution in [2.75, 3.05) is 0 Å². The van der Waals surface area contributed by atoms with Gasteiger partial charge in [0.15, 0.2) is 0 Å². The second kappa shape index (κ2) is 60.9. The second-order valence-electron chi connectivity index (χ2n) is 0.289. The predicted molar refractivity (Wildman–Crippen MR) is 21.6 cm³/mol. The molecule has 0 aliphatic heterocycles. The van der Waals surface area contributed by atoms with E-state index in [0.717, 1.165) is 0 Å². The molecule has 0 fully saturated rings. The van der Waals surface area contributed by atoms with Crippen LogP contribution in [0.1, 0.15) is 0 Å². The summed E-state index contributed by atoms with van der Waals surface area (Å²) in [6.45, 7) is 0. The Morgan fingerprint density at radius 1 is 0.700 bits per heavy atom. The van der Waals surface area contributed by atoms with Gasteiger partial charge < -0.3 is 30.7 Å². The van der Waals surface area contributed by atoms with Crippen LogP contribution >= 0.6 is 0 Å². The summed E-state index contributed by atoms with van der Waals surface area (Å²) in [5, 5.41) is 24.6. The van der Waals surface area contributed by atoms with Gasteiger partial charge in [-0.25, -0.2) is 17.7 Å².